The van der Waals surface area contributed by atoms with Gasteiger partial charge in [0.2, 0.25) is 0 Å². The van der Waals surface area contributed by atoms with Crippen molar-refractivity contribution in [2.24, 2.45) is 0 Å². The van der Waals surface area contributed by atoms with Gasteiger partial charge in [0.05, 0.1) is 11.1 Å². The van der Waals surface area contributed by atoms with Crippen molar-refractivity contribution in [3.8, 4) is 0 Å². The zero-order valence-corrected chi connectivity index (χ0v) is 12.2. The molecule has 0 aliphatic heterocycles. The molecule has 0 saturated heterocycles. The Labute approximate surface area is 135 Å². The molecule has 2 rings (SSSR count). The van der Waals surface area contributed by atoms with Crippen molar-refractivity contribution in [2.45, 2.75) is 19.3 Å². The Morgan fingerprint density at radius 3 is 2.20 bits per heavy atom. The molecule has 0 fully saturated rings. The fourth-order valence-electron chi connectivity index (χ4n) is 2.28. The molecule has 1 heterocycles. The lowest BCUT2D eigenvalue weighted by Gasteiger charge is -2.16. The molecule has 1 aromatic heterocycles. The number of carbonyl (C=O) groups is 1. The molecule has 1 aromatic carbocycles. The van der Waals surface area contributed by atoms with Crippen LogP contribution in [0.1, 0.15) is 16.7 Å². The first-order valence-corrected chi connectivity index (χ1v) is 6.48. The van der Waals surface area contributed by atoms with Gasteiger partial charge >= 0.3 is 23.9 Å². The summed E-state index contributed by atoms with van der Waals surface area (Å²) < 4.78 is 83.4. The van der Waals surface area contributed by atoms with Crippen molar-refractivity contribution in [2.75, 3.05) is 0 Å². The average Bonchev–Trinajstić information content (AvgIpc) is 2.41. The quantitative estimate of drug-likeness (QED) is 0.493. The first kappa shape index (κ1) is 18.6. The minimum atomic E-state index is -5.20. The number of aliphatic carboxylic acids is 1. The molecule has 0 saturated carbocycles. The number of fused-ring (bicyclic) bond motifs is 1. The van der Waals surface area contributed by atoms with E-state index in [1.807, 2.05) is 0 Å². The van der Waals surface area contributed by atoms with Gasteiger partial charge in [0.25, 0.3) is 0 Å². The highest BCUT2D eigenvalue weighted by Gasteiger charge is 2.39. The van der Waals surface area contributed by atoms with Crippen LogP contribution in [0.15, 0.2) is 33.5 Å². The van der Waals surface area contributed by atoms with E-state index >= 15 is 0 Å². The predicted octanol–water partition coefficient (Wildman–Crippen LogP) is 4.15. The molecule has 0 aliphatic rings. The maximum Gasteiger partial charge on any atom is 0.417 e. The van der Waals surface area contributed by atoms with Crippen LogP contribution in [0.2, 0.25) is 0 Å². The molecular formula is C15H8F6O4. The molecule has 2 aromatic rings. The second-order valence-electron chi connectivity index (χ2n) is 5.06. The molecule has 4 nitrogen and oxygen atoms in total. The lowest BCUT2D eigenvalue weighted by Crippen LogP contribution is -2.15. The lowest BCUT2D eigenvalue weighted by molar-refractivity contribution is -0.136. The molecular weight excluding hydrogens is 358 g/mol. The number of allylic oxidation sites excluding steroid dienone is 1. The fourth-order valence-corrected chi connectivity index (χ4v) is 2.28. The van der Waals surface area contributed by atoms with E-state index in [1.54, 1.807) is 0 Å². The minimum absolute atomic E-state index is 0.0117. The Balaban J connectivity index is 3.02. The van der Waals surface area contributed by atoms with Crippen LogP contribution in [0.4, 0.5) is 26.3 Å². The van der Waals surface area contributed by atoms with Crippen LogP contribution in [0, 0.1) is 6.92 Å². The van der Waals surface area contributed by atoms with Gasteiger partial charge in [0.1, 0.15) is 5.58 Å². The second-order valence-corrected chi connectivity index (χ2v) is 5.06. The summed E-state index contributed by atoms with van der Waals surface area (Å²) in [6, 6.07) is 1.83. The van der Waals surface area contributed by atoms with Gasteiger partial charge in [0.15, 0.2) is 0 Å². The van der Waals surface area contributed by atoms with Gasteiger partial charge in [-0.05, 0) is 24.6 Å². The number of carboxylic acid groups (broad SMARTS) is 1. The maximum absolute atomic E-state index is 13.2. The second kappa shape index (κ2) is 5.94. The van der Waals surface area contributed by atoms with E-state index in [4.69, 9.17) is 5.11 Å². The van der Waals surface area contributed by atoms with E-state index in [0.29, 0.717) is 0 Å². The third-order valence-corrected chi connectivity index (χ3v) is 3.16. The van der Waals surface area contributed by atoms with E-state index in [0.717, 1.165) is 12.1 Å². The van der Waals surface area contributed by atoms with E-state index in [-0.39, 0.29) is 17.7 Å². The van der Waals surface area contributed by atoms with Crippen molar-refractivity contribution in [1.82, 2.24) is 0 Å². The number of hydrogen-bond donors (Lipinski definition) is 1. The average molecular weight is 366 g/mol. The largest absolute Gasteiger partial charge is 0.478 e. The molecule has 0 spiro atoms. The van der Waals surface area contributed by atoms with Gasteiger partial charge in [-0.1, -0.05) is 0 Å². The molecule has 1 N–H and O–H groups in total. The molecule has 134 valence electrons. The summed E-state index contributed by atoms with van der Waals surface area (Å²) in [5.41, 5.74) is -6.69. The van der Waals surface area contributed by atoms with Gasteiger partial charge in [-0.3, -0.25) is 0 Å². The van der Waals surface area contributed by atoms with Crippen molar-refractivity contribution in [3.63, 3.8) is 0 Å². The van der Waals surface area contributed by atoms with Crippen LogP contribution in [0.25, 0.3) is 16.5 Å². The minimum Gasteiger partial charge on any atom is -0.478 e. The van der Waals surface area contributed by atoms with Gasteiger partial charge in [-0.15, -0.1) is 0 Å². The first-order chi connectivity index (χ1) is 11.3. The Bertz CT molecular complexity index is 934. The highest BCUT2D eigenvalue weighted by Crippen LogP contribution is 2.40. The van der Waals surface area contributed by atoms with E-state index in [9.17, 15) is 35.9 Å². The molecule has 0 bridgehead atoms. The van der Waals surface area contributed by atoms with Crippen LogP contribution in [0.5, 0.6) is 0 Å². The number of benzene rings is 1. The van der Waals surface area contributed by atoms with Crippen molar-refractivity contribution >= 4 is 22.5 Å². The highest BCUT2D eigenvalue weighted by atomic mass is 19.4. The van der Waals surface area contributed by atoms with Crippen LogP contribution >= 0.6 is 0 Å². The monoisotopic (exact) mass is 366 g/mol. The summed E-state index contributed by atoms with van der Waals surface area (Å²) in [5.74, 6) is -1.96. The van der Waals surface area contributed by atoms with E-state index < -0.39 is 51.6 Å². The number of aryl methyl sites for hydroxylation is 1. The number of hydrogen-bond acceptors (Lipinski definition) is 3. The molecule has 0 unspecified atom stereocenters. The highest BCUT2D eigenvalue weighted by molar-refractivity contribution is 5.98. The summed E-state index contributed by atoms with van der Waals surface area (Å²) in [6.07, 6.45) is -10.4. The Morgan fingerprint density at radius 1 is 1.12 bits per heavy atom. The summed E-state index contributed by atoms with van der Waals surface area (Å²) >= 11 is 0. The topological polar surface area (TPSA) is 67.5 Å². The van der Waals surface area contributed by atoms with Gasteiger partial charge in [-0.25, -0.2) is 9.59 Å². The zero-order chi connectivity index (χ0) is 19.2. The summed E-state index contributed by atoms with van der Waals surface area (Å²) in [6.45, 7) is 1.23. The molecule has 0 amide bonds. The number of carboxylic acids is 1. The van der Waals surface area contributed by atoms with E-state index in [2.05, 4.69) is 4.42 Å². The fraction of sp³-hybridized carbons (Fsp3) is 0.200. The number of alkyl halides is 6. The summed E-state index contributed by atoms with van der Waals surface area (Å²) in [7, 11) is 0. The molecule has 0 radical (unpaired) electrons. The van der Waals surface area contributed by atoms with Gasteiger partial charge < -0.3 is 9.52 Å². The van der Waals surface area contributed by atoms with Crippen LogP contribution < -0.4 is 5.63 Å². The standard InChI is InChI=1S/C15H8F6O4/c1-6-2-7(9(4-11(22)23)14(16,17)18)13-8(3-6)10(15(19,20)21)5-12(24)25-13/h2-5H,1H3,(H,22,23)/b9-4+. The number of halogens is 6. The molecule has 0 atom stereocenters. The lowest BCUT2D eigenvalue weighted by atomic mass is 9.97. The first-order valence-electron chi connectivity index (χ1n) is 6.48. The third-order valence-electron chi connectivity index (χ3n) is 3.16. The smallest absolute Gasteiger partial charge is 0.417 e. The molecule has 25 heavy (non-hydrogen) atoms. The molecule has 0 aliphatic carbocycles. The normalized spacial score (nSPS) is 13.3. The molecule has 10 heteroatoms. The third kappa shape index (κ3) is 3.83. The summed E-state index contributed by atoms with van der Waals surface area (Å²) in [5, 5.41) is 7.86. The van der Waals surface area contributed by atoms with Gasteiger partial charge in [-0.2, -0.15) is 26.3 Å². The SMILES string of the molecule is Cc1cc(/C(=C\C(=O)O)C(F)(F)F)c2oc(=O)cc(C(F)(F)F)c2c1. The maximum atomic E-state index is 13.2. The van der Waals surface area contributed by atoms with Gasteiger partial charge in [0, 0.05) is 23.1 Å². The van der Waals surface area contributed by atoms with E-state index in [1.165, 1.54) is 6.92 Å². The van der Waals surface area contributed by atoms with Crippen molar-refractivity contribution in [3.05, 3.63) is 51.4 Å². The van der Waals surface area contributed by atoms with Crippen LogP contribution in [-0.2, 0) is 11.0 Å². The Morgan fingerprint density at radius 2 is 1.72 bits per heavy atom. The van der Waals surface area contributed by atoms with Crippen molar-refractivity contribution in [1.29, 1.82) is 0 Å². The predicted molar refractivity (Wildman–Crippen MR) is 73.9 cm³/mol. The zero-order valence-electron chi connectivity index (χ0n) is 12.2. The number of rotatable bonds is 2. The Kier molecular flexibility index (Phi) is 4.41. The van der Waals surface area contributed by atoms with Crippen LogP contribution in [-0.4, -0.2) is 17.3 Å². The van der Waals surface area contributed by atoms with Crippen LogP contribution in [0.3, 0.4) is 0 Å². The Hall–Kier alpha value is -2.78. The summed E-state index contributed by atoms with van der Waals surface area (Å²) in [4.78, 5) is 22.1. The van der Waals surface area contributed by atoms with Crippen molar-refractivity contribution < 1.29 is 40.7 Å².